The number of aromatic hydroxyl groups is 1. The molecule has 0 bridgehead atoms. The summed E-state index contributed by atoms with van der Waals surface area (Å²) in [6.07, 6.45) is 0. The summed E-state index contributed by atoms with van der Waals surface area (Å²) in [7, 11) is 1.95. The zero-order valence-electron chi connectivity index (χ0n) is 11.2. The van der Waals surface area contributed by atoms with Crippen LogP contribution in [-0.4, -0.2) is 18.1 Å². The van der Waals surface area contributed by atoms with Crippen molar-refractivity contribution in [3.05, 3.63) is 59.7 Å². The van der Waals surface area contributed by atoms with E-state index in [1.165, 1.54) is 0 Å². The number of amides is 1. The molecule has 2 aromatic rings. The molecule has 2 aromatic carbocycles. The lowest BCUT2D eigenvalue weighted by Gasteiger charge is -2.19. The molecular formula is C15H17N3O2. The van der Waals surface area contributed by atoms with E-state index < -0.39 is 0 Å². The predicted molar refractivity (Wildman–Crippen MR) is 78.3 cm³/mol. The molecule has 0 atom stereocenters. The molecule has 1 amide bonds. The summed E-state index contributed by atoms with van der Waals surface area (Å²) in [6.45, 7) is 0.649. The van der Waals surface area contributed by atoms with Gasteiger partial charge in [0.15, 0.2) is 0 Å². The maximum atomic E-state index is 11.5. The number of carbonyl (C=O) groups is 1. The Labute approximate surface area is 117 Å². The molecule has 0 saturated heterocycles. The largest absolute Gasteiger partial charge is 0.508 e. The first-order valence-electron chi connectivity index (χ1n) is 6.20. The summed E-state index contributed by atoms with van der Waals surface area (Å²) in [5.74, 6) is 5.06. The zero-order valence-corrected chi connectivity index (χ0v) is 11.2. The molecule has 0 fully saturated rings. The highest BCUT2D eigenvalue weighted by molar-refractivity contribution is 5.93. The topological polar surface area (TPSA) is 78.6 Å². The summed E-state index contributed by atoms with van der Waals surface area (Å²) >= 11 is 0. The maximum absolute atomic E-state index is 11.5. The van der Waals surface area contributed by atoms with Gasteiger partial charge in [0.25, 0.3) is 5.91 Å². The average Bonchev–Trinajstić information content (AvgIpc) is 2.47. The number of nitrogens with two attached hydrogens (primary N) is 1. The van der Waals surface area contributed by atoms with Gasteiger partial charge in [0, 0.05) is 24.8 Å². The standard InChI is InChI=1S/C15H17N3O2/c1-18(13-5-7-14(19)8-6-13)10-11-3-2-4-12(9-11)15(20)17-16/h2-9,19H,10,16H2,1H3,(H,17,20). The first kappa shape index (κ1) is 13.9. The Morgan fingerprint density at radius 3 is 2.60 bits per heavy atom. The quantitative estimate of drug-likeness (QED) is 0.448. The van der Waals surface area contributed by atoms with Crippen LogP contribution in [0, 0.1) is 0 Å². The number of carbonyl (C=O) groups excluding carboxylic acids is 1. The Bertz CT molecular complexity index is 596. The van der Waals surface area contributed by atoms with Crippen LogP contribution >= 0.6 is 0 Å². The Kier molecular flexibility index (Phi) is 4.22. The molecule has 104 valence electrons. The number of hydrogen-bond acceptors (Lipinski definition) is 4. The van der Waals surface area contributed by atoms with E-state index in [4.69, 9.17) is 5.84 Å². The number of anilines is 1. The van der Waals surface area contributed by atoms with Gasteiger partial charge < -0.3 is 10.0 Å². The summed E-state index contributed by atoms with van der Waals surface area (Å²) in [6, 6.07) is 14.3. The Hall–Kier alpha value is -2.53. The van der Waals surface area contributed by atoms with Gasteiger partial charge in [0.2, 0.25) is 0 Å². The van der Waals surface area contributed by atoms with Crippen molar-refractivity contribution in [2.75, 3.05) is 11.9 Å². The van der Waals surface area contributed by atoms with Crippen molar-refractivity contribution in [1.29, 1.82) is 0 Å². The van der Waals surface area contributed by atoms with Crippen LogP contribution in [-0.2, 0) is 6.54 Å². The van der Waals surface area contributed by atoms with Crippen LogP contribution in [0.2, 0.25) is 0 Å². The van der Waals surface area contributed by atoms with Gasteiger partial charge >= 0.3 is 0 Å². The van der Waals surface area contributed by atoms with Crippen LogP contribution in [0.1, 0.15) is 15.9 Å². The number of rotatable bonds is 4. The van der Waals surface area contributed by atoms with Gasteiger partial charge in [0.1, 0.15) is 5.75 Å². The fourth-order valence-corrected chi connectivity index (χ4v) is 1.97. The minimum absolute atomic E-state index is 0.240. The molecular weight excluding hydrogens is 254 g/mol. The van der Waals surface area contributed by atoms with E-state index in [-0.39, 0.29) is 11.7 Å². The van der Waals surface area contributed by atoms with Crippen molar-refractivity contribution in [3.63, 3.8) is 0 Å². The van der Waals surface area contributed by atoms with Crippen LogP contribution in [0.25, 0.3) is 0 Å². The number of benzene rings is 2. The number of phenolic OH excluding ortho intramolecular Hbond substituents is 1. The van der Waals surface area contributed by atoms with Gasteiger partial charge in [-0.05, 0) is 42.0 Å². The summed E-state index contributed by atoms with van der Waals surface area (Å²) in [5.41, 5.74) is 4.64. The Balaban J connectivity index is 2.13. The Morgan fingerprint density at radius 2 is 1.95 bits per heavy atom. The van der Waals surface area contributed by atoms with Gasteiger partial charge in [-0.1, -0.05) is 12.1 Å². The molecule has 0 unspecified atom stereocenters. The third-order valence-corrected chi connectivity index (χ3v) is 3.03. The van der Waals surface area contributed by atoms with Crippen molar-refractivity contribution in [3.8, 4) is 5.75 Å². The molecule has 0 heterocycles. The van der Waals surface area contributed by atoms with Crippen LogP contribution in [0.15, 0.2) is 48.5 Å². The van der Waals surface area contributed by atoms with Crippen molar-refractivity contribution < 1.29 is 9.90 Å². The second-order valence-corrected chi connectivity index (χ2v) is 4.55. The minimum atomic E-state index is -0.306. The Morgan fingerprint density at radius 1 is 1.25 bits per heavy atom. The van der Waals surface area contributed by atoms with E-state index in [9.17, 15) is 9.90 Å². The van der Waals surface area contributed by atoms with Crippen molar-refractivity contribution in [2.45, 2.75) is 6.54 Å². The number of phenols is 1. The summed E-state index contributed by atoms with van der Waals surface area (Å²) in [5, 5.41) is 9.28. The normalized spacial score (nSPS) is 10.1. The van der Waals surface area contributed by atoms with Crippen LogP contribution in [0.5, 0.6) is 5.75 Å². The molecule has 0 radical (unpaired) electrons. The van der Waals surface area contributed by atoms with E-state index in [2.05, 4.69) is 5.43 Å². The predicted octanol–water partition coefficient (Wildman–Crippen LogP) is 1.63. The van der Waals surface area contributed by atoms with Crippen molar-refractivity contribution >= 4 is 11.6 Å². The van der Waals surface area contributed by atoms with E-state index in [0.29, 0.717) is 12.1 Å². The molecule has 0 saturated carbocycles. The zero-order chi connectivity index (χ0) is 14.5. The average molecular weight is 271 g/mol. The second-order valence-electron chi connectivity index (χ2n) is 4.55. The second kappa shape index (κ2) is 6.08. The molecule has 0 spiro atoms. The highest BCUT2D eigenvalue weighted by atomic mass is 16.3. The minimum Gasteiger partial charge on any atom is -0.508 e. The number of hydrazine groups is 1. The molecule has 5 heteroatoms. The number of nitrogen functional groups attached to an aromatic ring is 1. The number of hydrogen-bond donors (Lipinski definition) is 3. The fourth-order valence-electron chi connectivity index (χ4n) is 1.97. The third kappa shape index (κ3) is 3.27. The third-order valence-electron chi connectivity index (χ3n) is 3.03. The van der Waals surface area contributed by atoms with Crippen LogP contribution < -0.4 is 16.2 Å². The highest BCUT2D eigenvalue weighted by Crippen LogP contribution is 2.19. The molecule has 5 nitrogen and oxygen atoms in total. The lowest BCUT2D eigenvalue weighted by atomic mass is 10.1. The monoisotopic (exact) mass is 271 g/mol. The highest BCUT2D eigenvalue weighted by Gasteiger charge is 2.06. The first-order valence-corrected chi connectivity index (χ1v) is 6.20. The van der Waals surface area contributed by atoms with Crippen molar-refractivity contribution in [2.24, 2.45) is 5.84 Å². The molecule has 0 aliphatic rings. The SMILES string of the molecule is CN(Cc1cccc(C(=O)NN)c1)c1ccc(O)cc1. The van der Waals surface area contributed by atoms with Gasteiger partial charge in [-0.2, -0.15) is 0 Å². The smallest absolute Gasteiger partial charge is 0.265 e. The van der Waals surface area contributed by atoms with Crippen molar-refractivity contribution in [1.82, 2.24) is 5.43 Å². The molecule has 2 rings (SSSR count). The maximum Gasteiger partial charge on any atom is 0.265 e. The van der Waals surface area contributed by atoms with E-state index in [0.717, 1.165) is 11.3 Å². The summed E-state index contributed by atoms with van der Waals surface area (Å²) < 4.78 is 0. The number of nitrogens with one attached hydrogen (secondary N) is 1. The van der Waals surface area contributed by atoms with Gasteiger partial charge in [0.05, 0.1) is 0 Å². The summed E-state index contributed by atoms with van der Waals surface area (Å²) in [4.78, 5) is 13.5. The molecule has 0 aliphatic carbocycles. The van der Waals surface area contributed by atoms with E-state index >= 15 is 0 Å². The molecule has 0 aromatic heterocycles. The molecule has 4 N–H and O–H groups in total. The fraction of sp³-hybridized carbons (Fsp3) is 0.133. The molecule has 20 heavy (non-hydrogen) atoms. The van der Waals surface area contributed by atoms with Crippen LogP contribution in [0.4, 0.5) is 5.69 Å². The van der Waals surface area contributed by atoms with Crippen LogP contribution in [0.3, 0.4) is 0 Å². The first-order chi connectivity index (χ1) is 9.60. The van der Waals surface area contributed by atoms with E-state index in [1.54, 1.807) is 24.3 Å². The van der Waals surface area contributed by atoms with Gasteiger partial charge in [-0.25, -0.2) is 5.84 Å². The lowest BCUT2D eigenvalue weighted by molar-refractivity contribution is 0.0953. The van der Waals surface area contributed by atoms with Gasteiger partial charge in [-0.3, -0.25) is 10.2 Å². The number of nitrogens with zero attached hydrogens (tertiary/aromatic N) is 1. The lowest BCUT2D eigenvalue weighted by Crippen LogP contribution is -2.30. The van der Waals surface area contributed by atoms with E-state index in [1.807, 2.05) is 36.2 Å². The van der Waals surface area contributed by atoms with Gasteiger partial charge in [-0.15, -0.1) is 0 Å². The molecule has 0 aliphatic heterocycles.